The van der Waals surface area contributed by atoms with Crippen molar-refractivity contribution >= 4 is 5.91 Å². The zero-order chi connectivity index (χ0) is 13.1. The molecule has 2 aliphatic heterocycles. The molecule has 0 aromatic heterocycles. The Kier molecular flexibility index (Phi) is 4.62. The second-order valence-electron chi connectivity index (χ2n) is 5.97. The van der Waals surface area contributed by atoms with Gasteiger partial charge < -0.3 is 15.4 Å². The molecule has 2 N–H and O–H groups in total. The maximum atomic E-state index is 12.7. The van der Waals surface area contributed by atoms with Crippen LogP contribution in [0.4, 0.5) is 0 Å². The van der Waals surface area contributed by atoms with Gasteiger partial charge in [-0.3, -0.25) is 4.79 Å². The average molecular weight is 254 g/mol. The number of amides is 1. The Morgan fingerprint density at radius 2 is 2.11 bits per heavy atom. The van der Waals surface area contributed by atoms with E-state index >= 15 is 0 Å². The molecule has 4 nitrogen and oxygen atoms in total. The Labute approximate surface area is 110 Å². The van der Waals surface area contributed by atoms with Crippen LogP contribution in [0, 0.1) is 17.8 Å². The van der Waals surface area contributed by atoms with Gasteiger partial charge in [0.25, 0.3) is 0 Å². The summed E-state index contributed by atoms with van der Waals surface area (Å²) in [5.74, 6) is 1.31. The van der Waals surface area contributed by atoms with E-state index in [2.05, 4.69) is 18.7 Å². The standard InChI is InChI=1S/C14H26N2O2/c1-10-9-18-6-5-13(10)14(17)16-8-12(7-15)4-3-11(16)2/h10-13H,3-9,15H2,1-2H3. The Bertz CT molecular complexity index is 296. The molecule has 0 aromatic carbocycles. The summed E-state index contributed by atoms with van der Waals surface area (Å²) in [6.45, 7) is 7.27. The quantitative estimate of drug-likeness (QED) is 0.807. The topological polar surface area (TPSA) is 55.6 Å². The van der Waals surface area contributed by atoms with Crippen molar-refractivity contribution in [1.29, 1.82) is 0 Å². The fourth-order valence-corrected chi connectivity index (χ4v) is 3.14. The highest BCUT2D eigenvalue weighted by molar-refractivity contribution is 5.79. The number of rotatable bonds is 2. The summed E-state index contributed by atoms with van der Waals surface area (Å²) in [7, 11) is 0. The molecule has 2 heterocycles. The predicted octanol–water partition coefficient (Wildman–Crippen LogP) is 1.24. The number of piperidine rings is 1. The number of likely N-dealkylation sites (tertiary alicyclic amines) is 1. The summed E-state index contributed by atoms with van der Waals surface area (Å²) in [5, 5.41) is 0. The summed E-state index contributed by atoms with van der Waals surface area (Å²) in [5.41, 5.74) is 5.76. The Hall–Kier alpha value is -0.610. The van der Waals surface area contributed by atoms with Crippen LogP contribution >= 0.6 is 0 Å². The van der Waals surface area contributed by atoms with Crippen LogP contribution in [-0.4, -0.2) is 43.2 Å². The third-order valence-electron chi connectivity index (χ3n) is 4.55. The van der Waals surface area contributed by atoms with Crippen molar-refractivity contribution in [2.75, 3.05) is 26.3 Å². The lowest BCUT2D eigenvalue weighted by atomic mass is 9.86. The smallest absolute Gasteiger partial charge is 0.226 e. The van der Waals surface area contributed by atoms with E-state index in [-0.39, 0.29) is 5.92 Å². The first-order valence-corrected chi connectivity index (χ1v) is 7.21. The molecular formula is C14H26N2O2. The summed E-state index contributed by atoms with van der Waals surface area (Å²) in [4.78, 5) is 14.7. The molecule has 0 radical (unpaired) electrons. The average Bonchev–Trinajstić information content (AvgIpc) is 2.39. The minimum Gasteiger partial charge on any atom is -0.381 e. The van der Waals surface area contributed by atoms with Crippen molar-refractivity contribution in [3.05, 3.63) is 0 Å². The fourth-order valence-electron chi connectivity index (χ4n) is 3.14. The summed E-state index contributed by atoms with van der Waals surface area (Å²) in [6.07, 6.45) is 3.12. The van der Waals surface area contributed by atoms with Crippen molar-refractivity contribution in [2.24, 2.45) is 23.5 Å². The van der Waals surface area contributed by atoms with Crippen LogP contribution in [0.1, 0.15) is 33.1 Å². The molecule has 0 aromatic rings. The lowest BCUT2D eigenvalue weighted by molar-refractivity contribution is -0.145. The number of nitrogens with two attached hydrogens (primary N) is 1. The van der Waals surface area contributed by atoms with E-state index in [1.165, 1.54) is 0 Å². The molecule has 0 spiro atoms. The Morgan fingerprint density at radius 3 is 2.78 bits per heavy atom. The van der Waals surface area contributed by atoms with Crippen LogP contribution in [0.5, 0.6) is 0 Å². The van der Waals surface area contributed by atoms with E-state index in [4.69, 9.17) is 10.5 Å². The highest BCUT2D eigenvalue weighted by Crippen LogP contribution is 2.28. The second kappa shape index (κ2) is 6.02. The molecule has 4 heteroatoms. The Balaban J connectivity index is 2.01. The summed E-state index contributed by atoms with van der Waals surface area (Å²) in [6, 6.07) is 0.371. The normalized spacial score (nSPS) is 37.6. The van der Waals surface area contributed by atoms with Crippen LogP contribution in [0.15, 0.2) is 0 Å². The fraction of sp³-hybridized carbons (Fsp3) is 0.929. The van der Waals surface area contributed by atoms with E-state index in [1.807, 2.05) is 0 Å². The number of carbonyl (C=O) groups excluding carboxylic acids is 1. The maximum absolute atomic E-state index is 12.7. The molecule has 4 atom stereocenters. The van der Waals surface area contributed by atoms with Gasteiger partial charge in [0, 0.05) is 31.7 Å². The molecule has 0 aliphatic carbocycles. The molecule has 2 aliphatic rings. The van der Waals surface area contributed by atoms with Gasteiger partial charge in [0.2, 0.25) is 5.91 Å². The van der Waals surface area contributed by atoms with Gasteiger partial charge in [-0.25, -0.2) is 0 Å². The molecule has 0 saturated carbocycles. The van der Waals surface area contributed by atoms with E-state index in [0.717, 1.165) is 39.0 Å². The zero-order valence-corrected chi connectivity index (χ0v) is 11.6. The number of carbonyl (C=O) groups is 1. The lowest BCUT2D eigenvalue weighted by Gasteiger charge is -2.41. The predicted molar refractivity (Wildman–Crippen MR) is 71.0 cm³/mol. The molecule has 2 saturated heterocycles. The van der Waals surface area contributed by atoms with E-state index in [0.29, 0.717) is 30.3 Å². The third-order valence-corrected chi connectivity index (χ3v) is 4.55. The first kappa shape index (κ1) is 13.8. The van der Waals surface area contributed by atoms with Crippen LogP contribution < -0.4 is 5.73 Å². The van der Waals surface area contributed by atoms with E-state index < -0.39 is 0 Å². The summed E-state index contributed by atoms with van der Waals surface area (Å²) >= 11 is 0. The van der Waals surface area contributed by atoms with Crippen molar-refractivity contribution in [3.63, 3.8) is 0 Å². The van der Waals surface area contributed by atoms with Crippen LogP contribution in [0.25, 0.3) is 0 Å². The van der Waals surface area contributed by atoms with Gasteiger partial charge in [-0.1, -0.05) is 6.92 Å². The largest absolute Gasteiger partial charge is 0.381 e. The van der Waals surface area contributed by atoms with Crippen LogP contribution in [0.3, 0.4) is 0 Å². The molecule has 1 amide bonds. The summed E-state index contributed by atoms with van der Waals surface area (Å²) < 4.78 is 5.43. The van der Waals surface area contributed by atoms with Gasteiger partial charge in [-0.2, -0.15) is 0 Å². The number of hydrogen-bond acceptors (Lipinski definition) is 3. The molecule has 18 heavy (non-hydrogen) atoms. The Morgan fingerprint density at radius 1 is 1.33 bits per heavy atom. The van der Waals surface area contributed by atoms with E-state index in [1.54, 1.807) is 0 Å². The third kappa shape index (κ3) is 2.86. The minimum absolute atomic E-state index is 0.151. The van der Waals surface area contributed by atoms with Gasteiger partial charge in [-0.05, 0) is 44.6 Å². The van der Waals surface area contributed by atoms with Gasteiger partial charge in [0.05, 0.1) is 0 Å². The van der Waals surface area contributed by atoms with Gasteiger partial charge in [-0.15, -0.1) is 0 Å². The molecule has 104 valence electrons. The highest BCUT2D eigenvalue weighted by atomic mass is 16.5. The van der Waals surface area contributed by atoms with Crippen LogP contribution in [-0.2, 0) is 9.53 Å². The van der Waals surface area contributed by atoms with Crippen molar-refractivity contribution < 1.29 is 9.53 Å². The van der Waals surface area contributed by atoms with Gasteiger partial charge in [0.1, 0.15) is 0 Å². The minimum atomic E-state index is 0.151. The lowest BCUT2D eigenvalue weighted by Crippen LogP contribution is -2.51. The van der Waals surface area contributed by atoms with Gasteiger partial charge in [0.15, 0.2) is 0 Å². The molecule has 0 bridgehead atoms. The molecular weight excluding hydrogens is 228 g/mol. The first-order valence-electron chi connectivity index (χ1n) is 7.21. The monoisotopic (exact) mass is 254 g/mol. The molecule has 2 rings (SSSR count). The van der Waals surface area contributed by atoms with Crippen molar-refractivity contribution in [1.82, 2.24) is 4.90 Å². The van der Waals surface area contributed by atoms with Crippen molar-refractivity contribution in [2.45, 2.75) is 39.2 Å². The van der Waals surface area contributed by atoms with Crippen LogP contribution in [0.2, 0.25) is 0 Å². The maximum Gasteiger partial charge on any atom is 0.226 e. The van der Waals surface area contributed by atoms with Crippen molar-refractivity contribution in [3.8, 4) is 0 Å². The van der Waals surface area contributed by atoms with Gasteiger partial charge >= 0.3 is 0 Å². The zero-order valence-electron chi connectivity index (χ0n) is 11.6. The highest BCUT2D eigenvalue weighted by Gasteiger charge is 2.36. The van der Waals surface area contributed by atoms with E-state index in [9.17, 15) is 4.79 Å². The molecule has 4 unspecified atom stereocenters. The number of ether oxygens (including phenoxy) is 1. The number of hydrogen-bond donors (Lipinski definition) is 1. The first-order chi connectivity index (χ1) is 8.63. The molecule has 2 fully saturated rings. The number of nitrogens with zero attached hydrogens (tertiary/aromatic N) is 1. The SMILES string of the molecule is CC1COCCC1C(=O)N1CC(CN)CCC1C. The second-order valence-corrected chi connectivity index (χ2v) is 5.97.